The van der Waals surface area contributed by atoms with E-state index in [9.17, 15) is 0 Å². The van der Waals surface area contributed by atoms with Crippen molar-refractivity contribution in [2.45, 2.75) is 20.1 Å². The molecule has 2 aromatic rings. The molecule has 0 saturated carbocycles. The van der Waals surface area contributed by atoms with Crippen LogP contribution in [0, 0.1) is 6.92 Å². The standard InChI is InChI=1S/C18H21NO/c1-3-11-19-13-16-8-6-10-18(12-16)20-14-17-9-5-4-7-15(17)2/h3-10,12,19H,1,11,13-14H2,2H3. The predicted octanol–water partition coefficient (Wildman–Crippen LogP) is 3.85. The van der Waals surface area contributed by atoms with Crippen molar-refractivity contribution in [1.82, 2.24) is 5.32 Å². The molecule has 104 valence electrons. The lowest BCUT2D eigenvalue weighted by molar-refractivity contribution is 0.305. The Kier molecular flexibility index (Phi) is 5.39. The molecule has 0 aromatic heterocycles. The van der Waals surface area contributed by atoms with Crippen molar-refractivity contribution in [3.05, 3.63) is 77.9 Å². The molecule has 0 atom stereocenters. The lowest BCUT2D eigenvalue weighted by Gasteiger charge is -2.10. The number of aryl methyl sites for hydroxylation is 1. The number of hydrogen-bond acceptors (Lipinski definition) is 2. The maximum Gasteiger partial charge on any atom is 0.120 e. The summed E-state index contributed by atoms with van der Waals surface area (Å²) < 4.78 is 5.87. The summed E-state index contributed by atoms with van der Waals surface area (Å²) in [5.74, 6) is 0.908. The van der Waals surface area contributed by atoms with Crippen molar-refractivity contribution in [3.63, 3.8) is 0 Å². The Morgan fingerprint density at radius 1 is 1.15 bits per heavy atom. The monoisotopic (exact) mass is 267 g/mol. The van der Waals surface area contributed by atoms with Gasteiger partial charge in [-0.2, -0.15) is 0 Å². The molecule has 0 aliphatic carbocycles. The van der Waals surface area contributed by atoms with Gasteiger partial charge in [0.1, 0.15) is 12.4 Å². The van der Waals surface area contributed by atoms with Crippen molar-refractivity contribution in [1.29, 1.82) is 0 Å². The van der Waals surface area contributed by atoms with Gasteiger partial charge in [0.25, 0.3) is 0 Å². The third kappa shape index (κ3) is 4.25. The third-order valence-corrected chi connectivity index (χ3v) is 3.17. The quantitative estimate of drug-likeness (QED) is 0.608. The Bertz CT molecular complexity index is 563. The normalized spacial score (nSPS) is 10.2. The zero-order chi connectivity index (χ0) is 14.2. The highest BCUT2D eigenvalue weighted by Crippen LogP contribution is 2.16. The van der Waals surface area contributed by atoms with Crippen molar-refractivity contribution >= 4 is 0 Å². The van der Waals surface area contributed by atoms with Gasteiger partial charge in [-0.05, 0) is 35.7 Å². The van der Waals surface area contributed by atoms with E-state index in [0.717, 1.165) is 18.8 Å². The molecule has 2 heteroatoms. The van der Waals surface area contributed by atoms with Crippen LogP contribution in [0.2, 0.25) is 0 Å². The predicted molar refractivity (Wildman–Crippen MR) is 83.9 cm³/mol. The van der Waals surface area contributed by atoms with E-state index in [2.05, 4.69) is 43.1 Å². The number of rotatable bonds is 7. The molecule has 0 unspecified atom stereocenters. The van der Waals surface area contributed by atoms with Crippen LogP contribution < -0.4 is 10.1 Å². The highest BCUT2D eigenvalue weighted by atomic mass is 16.5. The molecule has 0 spiro atoms. The van der Waals surface area contributed by atoms with Gasteiger partial charge in [0.2, 0.25) is 0 Å². The van der Waals surface area contributed by atoms with E-state index in [4.69, 9.17) is 4.74 Å². The average Bonchev–Trinajstić information content (AvgIpc) is 2.47. The van der Waals surface area contributed by atoms with Gasteiger partial charge in [-0.25, -0.2) is 0 Å². The van der Waals surface area contributed by atoms with Gasteiger partial charge < -0.3 is 10.1 Å². The average molecular weight is 267 g/mol. The first-order valence-electron chi connectivity index (χ1n) is 6.87. The van der Waals surface area contributed by atoms with Gasteiger partial charge in [-0.15, -0.1) is 6.58 Å². The number of ether oxygens (including phenoxy) is 1. The molecule has 0 radical (unpaired) electrons. The summed E-state index contributed by atoms with van der Waals surface area (Å²) in [7, 11) is 0. The van der Waals surface area contributed by atoms with E-state index >= 15 is 0 Å². The molecule has 2 rings (SSSR count). The summed E-state index contributed by atoms with van der Waals surface area (Å²) in [6, 6.07) is 16.5. The molecule has 2 aromatic carbocycles. The molecule has 0 fully saturated rings. The van der Waals surface area contributed by atoms with Gasteiger partial charge in [-0.1, -0.05) is 42.5 Å². The Morgan fingerprint density at radius 2 is 2.00 bits per heavy atom. The smallest absolute Gasteiger partial charge is 0.120 e. The first-order valence-corrected chi connectivity index (χ1v) is 6.87. The minimum Gasteiger partial charge on any atom is -0.489 e. The molecule has 0 saturated heterocycles. The van der Waals surface area contributed by atoms with Crippen LogP contribution in [-0.2, 0) is 13.2 Å². The van der Waals surface area contributed by atoms with E-state index < -0.39 is 0 Å². The molecule has 20 heavy (non-hydrogen) atoms. The topological polar surface area (TPSA) is 21.3 Å². The second-order valence-electron chi connectivity index (χ2n) is 4.78. The largest absolute Gasteiger partial charge is 0.489 e. The third-order valence-electron chi connectivity index (χ3n) is 3.17. The van der Waals surface area contributed by atoms with Crippen molar-refractivity contribution in [3.8, 4) is 5.75 Å². The summed E-state index contributed by atoms with van der Waals surface area (Å²) in [6.07, 6.45) is 1.86. The number of benzene rings is 2. The van der Waals surface area contributed by atoms with E-state index in [-0.39, 0.29) is 0 Å². The molecular formula is C18H21NO. The summed E-state index contributed by atoms with van der Waals surface area (Å²) in [6.45, 7) is 8.05. The number of nitrogens with one attached hydrogen (secondary N) is 1. The van der Waals surface area contributed by atoms with Crippen LogP contribution in [0.25, 0.3) is 0 Å². The fourth-order valence-electron chi connectivity index (χ4n) is 2.00. The molecule has 0 heterocycles. The van der Waals surface area contributed by atoms with Crippen LogP contribution in [0.5, 0.6) is 5.75 Å². The molecule has 0 aliphatic heterocycles. The van der Waals surface area contributed by atoms with E-state index in [1.807, 2.05) is 30.3 Å². The Morgan fingerprint density at radius 3 is 2.80 bits per heavy atom. The molecule has 0 aliphatic rings. The van der Waals surface area contributed by atoms with Crippen LogP contribution in [0.15, 0.2) is 61.2 Å². The van der Waals surface area contributed by atoms with Gasteiger partial charge in [-0.3, -0.25) is 0 Å². The van der Waals surface area contributed by atoms with Crippen molar-refractivity contribution in [2.24, 2.45) is 0 Å². The first-order chi connectivity index (χ1) is 9.79. The second kappa shape index (κ2) is 7.51. The van der Waals surface area contributed by atoms with Crippen LogP contribution in [0.3, 0.4) is 0 Å². The first kappa shape index (κ1) is 14.4. The van der Waals surface area contributed by atoms with Gasteiger partial charge in [0, 0.05) is 13.1 Å². The zero-order valence-corrected chi connectivity index (χ0v) is 11.9. The van der Waals surface area contributed by atoms with Crippen LogP contribution >= 0.6 is 0 Å². The fraction of sp³-hybridized carbons (Fsp3) is 0.222. The summed E-state index contributed by atoms with van der Waals surface area (Å²) >= 11 is 0. The maximum absolute atomic E-state index is 5.87. The minimum atomic E-state index is 0.607. The van der Waals surface area contributed by atoms with Crippen molar-refractivity contribution in [2.75, 3.05) is 6.54 Å². The van der Waals surface area contributed by atoms with E-state index in [1.54, 1.807) is 0 Å². The molecule has 0 amide bonds. The maximum atomic E-state index is 5.87. The van der Waals surface area contributed by atoms with Gasteiger partial charge in [0.05, 0.1) is 0 Å². The highest BCUT2D eigenvalue weighted by Gasteiger charge is 2.00. The van der Waals surface area contributed by atoms with E-state index in [0.29, 0.717) is 6.61 Å². The fourth-order valence-corrected chi connectivity index (χ4v) is 2.00. The number of hydrogen-bond donors (Lipinski definition) is 1. The Labute approximate surface area is 121 Å². The lowest BCUT2D eigenvalue weighted by Crippen LogP contribution is -2.12. The Balaban J connectivity index is 1.94. The van der Waals surface area contributed by atoms with E-state index in [1.165, 1.54) is 16.7 Å². The minimum absolute atomic E-state index is 0.607. The molecule has 0 bridgehead atoms. The van der Waals surface area contributed by atoms with Crippen molar-refractivity contribution < 1.29 is 4.74 Å². The lowest BCUT2D eigenvalue weighted by atomic mass is 10.1. The summed E-state index contributed by atoms with van der Waals surface area (Å²) in [5, 5.41) is 3.29. The van der Waals surface area contributed by atoms with Gasteiger partial charge >= 0.3 is 0 Å². The second-order valence-corrected chi connectivity index (χ2v) is 4.78. The van der Waals surface area contributed by atoms with Crippen LogP contribution in [0.4, 0.5) is 0 Å². The summed E-state index contributed by atoms with van der Waals surface area (Å²) in [4.78, 5) is 0. The van der Waals surface area contributed by atoms with Crippen LogP contribution in [-0.4, -0.2) is 6.54 Å². The molecular weight excluding hydrogens is 246 g/mol. The molecule has 2 nitrogen and oxygen atoms in total. The highest BCUT2D eigenvalue weighted by molar-refractivity contribution is 5.30. The molecule has 1 N–H and O–H groups in total. The summed E-state index contributed by atoms with van der Waals surface area (Å²) in [5.41, 5.74) is 3.70. The van der Waals surface area contributed by atoms with Crippen LogP contribution in [0.1, 0.15) is 16.7 Å². The van der Waals surface area contributed by atoms with Gasteiger partial charge in [0.15, 0.2) is 0 Å². The Hall–Kier alpha value is -2.06. The zero-order valence-electron chi connectivity index (χ0n) is 11.9. The SMILES string of the molecule is C=CCNCc1cccc(OCc2ccccc2C)c1.